The number of nitrogens with zero attached hydrogens (tertiary/aromatic N) is 1. The number of carbonyl (C=O) groups is 2. The van der Waals surface area contributed by atoms with Crippen LogP contribution in [0.15, 0.2) is 22.7 Å². The van der Waals surface area contributed by atoms with Crippen LogP contribution in [0.5, 0.6) is 0 Å². The predicted molar refractivity (Wildman–Crippen MR) is 88.2 cm³/mol. The molecule has 7 heteroatoms. The third-order valence-electron chi connectivity index (χ3n) is 3.16. The number of nitrogens with one attached hydrogen (secondary N) is 1. The number of rotatable bonds is 2. The molecule has 1 saturated heterocycles. The molecular formula is C14H17BrN2O3S. The molecule has 2 N–H and O–H groups in total. The van der Waals surface area contributed by atoms with Crippen LogP contribution in [-0.2, 0) is 0 Å². The number of hydrogen-bond acceptors (Lipinski definition) is 3. The van der Waals surface area contributed by atoms with Gasteiger partial charge in [-0.25, -0.2) is 9.59 Å². The Morgan fingerprint density at radius 2 is 1.95 bits per heavy atom. The molecule has 0 spiro atoms. The number of carboxylic acids is 1. The predicted octanol–water partition coefficient (Wildman–Crippen LogP) is 3.51. The van der Waals surface area contributed by atoms with Gasteiger partial charge in [0.25, 0.3) is 0 Å². The van der Waals surface area contributed by atoms with Crippen molar-refractivity contribution in [2.24, 2.45) is 0 Å². The van der Waals surface area contributed by atoms with E-state index in [1.165, 1.54) is 6.07 Å². The molecule has 1 aromatic carbocycles. The Hall–Kier alpha value is -1.21. The zero-order valence-electron chi connectivity index (χ0n) is 11.8. The van der Waals surface area contributed by atoms with Crippen molar-refractivity contribution in [1.29, 1.82) is 0 Å². The third-order valence-corrected chi connectivity index (χ3v) is 4.88. The standard InChI is InChI=1S/C14H17BrN2O3S/c1-8-6-17(7-9(2)21-8)14(20)16-12-5-10(15)3-4-11(12)13(18)19/h3-5,8-9H,6-7H2,1-2H3,(H,16,20)(H,18,19). The fourth-order valence-electron chi connectivity index (χ4n) is 2.34. The second-order valence-corrected chi connectivity index (χ2v) is 7.88. The number of hydrogen-bond donors (Lipinski definition) is 2. The van der Waals surface area contributed by atoms with E-state index in [4.69, 9.17) is 0 Å². The lowest BCUT2D eigenvalue weighted by atomic mass is 10.2. The summed E-state index contributed by atoms with van der Waals surface area (Å²) in [4.78, 5) is 25.3. The van der Waals surface area contributed by atoms with Gasteiger partial charge < -0.3 is 15.3 Å². The van der Waals surface area contributed by atoms with Gasteiger partial charge in [-0.15, -0.1) is 0 Å². The molecule has 1 aromatic rings. The van der Waals surface area contributed by atoms with Gasteiger partial charge in [-0.1, -0.05) is 29.8 Å². The number of anilines is 1. The van der Waals surface area contributed by atoms with Crippen LogP contribution in [0, 0.1) is 0 Å². The van der Waals surface area contributed by atoms with Gasteiger partial charge in [-0.3, -0.25) is 0 Å². The summed E-state index contributed by atoms with van der Waals surface area (Å²) in [5, 5.41) is 12.6. The molecule has 5 nitrogen and oxygen atoms in total. The van der Waals surface area contributed by atoms with Gasteiger partial charge in [0.15, 0.2) is 0 Å². The molecule has 0 aliphatic carbocycles. The molecule has 2 atom stereocenters. The summed E-state index contributed by atoms with van der Waals surface area (Å²) in [6.07, 6.45) is 0. The van der Waals surface area contributed by atoms with Crippen LogP contribution in [0.4, 0.5) is 10.5 Å². The lowest BCUT2D eigenvalue weighted by Gasteiger charge is -2.34. The van der Waals surface area contributed by atoms with E-state index < -0.39 is 5.97 Å². The van der Waals surface area contributed by atoms with Crippen LogP contribution >= 0.6 is 27.7 Å². The topological polar surface area (TPSA) is 69.6 Å². The van der Waals surface area contributed by atoms with E-state index in [-0.39, 0.29) is 11.6 Å². The number of urea groups is 1. The van der Waals surface area contributed by atoms with Crippen molar-refractivity contribution in [2.45, 2.75) is 24.3 Å². The Bertz CT molecular complexity index is 557. The van der Waals surface area contributed by atoms with Crippen molar-refractivity contribution in [1.82, 2.24) is 4.90 Å². The summed E-state index contributed by atoms with van der Waals surface area (Å²) in [6, 6.07) is 4.46. The van der Waals surface area contributed by atoms with E-state index in [2.05, 4.69) is 35.1 Å². The maximum Gasteiger partial charge on any atom is 0.337 e. The van der Waals surface area contributed by atoms with Crippen LogP contribution in [0.25, 0.3) is 0 Å². The highest BCUT2D eigenvalue weighted by molar-refractivity contribution is 9.10. The van der Waals surface area contributed by atoms with Gasteiger partial charge in [-0.2, -0.15) is 11.8 Å². The van der Waals surface area contributed by atoms with Crippen LogP contribution in [0.2, 0.25) is 0 Å². The van der Waals surface area contributed by atoms with Crippen molar-refractivity contribution < 1.29 is 14.7 Å². The molecule has 2 rings (SSSR count). The first-order chi connectivity index (χ1) is 9.86. The van der Waals surface area contributed by atoms with E-state index in [1.54, 1.807) is 17.0 Å². The first-order valence-corrected chi connectivity index (χ1v) is 8.34. The van der Waals surface area contributed by atoms with Crippen molar-refractivity contribution in [3.8, 4) is 0 Å². The summed E-state index contributed by atoms with van der Waals surface area (Å²) in [7, 11) is 0. The van der Waals surface area contributed by atoms with Gasteiger partial charge in [0.2, 0.25) is 0 Å². The Morgan fingerprint density at radius 3 is 2.52 bits per heavy atom. The van der Waals surface area contributed by atoms with Crippen LogP contribution in [0.3, 0.4) is 0 Å². The number of halogens is 1. The number of thioether (sulfide) groups is 1. The van der Waals surface area contributed by atoms with E-state index in [9.17, 15) is 14.7 Å². The molecule has 21 heavy (non-hydrogen) atoms. The second kappa shape index (κ2) is 6.70. The smallest absolute Gasteiger partial charge is 0.337 e. The largest absolute Gasteiger partial charge is 0.478 e. The molecule has 1 fully saturated rings. The monoisotopic (exact) mass is 372 g/mol. The molecule has 2 amide bonds. The van der Waals surface area contributed by atoms with Crippen LogP contribution in [0.1, 0.15) is 24.2 Å². The van der Waals surface area contributed by atoms with E-state index in [0.717, 1.165) is 4.47 Å². The lowest BCUT2D eigenvalue weighted by molar-refractivity contribution is 0.0698. The minimum absolute atomic E-state index is 0.0824. The summed E-state index contributed by atoms with van der Waals surface area (Å²) in [5.74, 6) is -1.06. The van der Waals surface area contributed by atoms with E-state index in [0.29, 0.717) is 29.3 Å². The quantitative estimate of drug-likeness (QED) is 0.833. The number of carboxylic acid groups (broad SMARTS) is 1. The fraction of sp³-hybridized carbons (Fsp3) is 0.429. The third kappa shape index (κ3) is 4.14. The normalized spacial score (nSPS) is 22.0. The van der Waals surface area contributed by atoms with Crippen molar-refractivity contribution in [3.05, 3.63) is 28.2 Å². The van der Waals surface area contributed by atoms with Crippen molar-refractivity contribution in [3.63, 3.8) is 0 Å². The maximum absolute atomic E-state index is 12.3. The van der Waals surface area contributed by atoms with Crippen LogP contribution in [-0.4, -0.2) is 45.6 Å². The molecule has 1 aliphatic heterocycles. The average molecular weight is 373 g/mol. The molecule has 114 valence electrons. The lowest BCUT2D eigenvalue weighted by Crippen LogP contribution is -2.46. The molecule has 0 radical (unpaired) electrons. The summed E-state index contributed by atoms with van der Waals surface area (Å²) in [6.45, 7) is 5.50. The summed E-state index contributed by atoms with van der Waals surface area (Å²) < 4.78 is 0.721. The minimum atomic E-state index is -1.06. The Morgan fingerprint density at radius 1 is 1.33 bits per heavy atom. The number of amides is 2. The minimum Gasteiger partial charge on any atom is -0.478 e. The van der Waals surface area contributed by atoms with Gasteiger partial charge >= 0.3 is 12.0 Å². The zero-order valence-corrected chi connectivity index (χ0v) is 14.2. The van der Waals surface area contributed by atoms with Crippen molar-refractivity contribution in [2.75, 3.05) is 18.4 Å². The molecule has 0 aromatic heterocycles. The zero-order chi connectivity index (χ0) is 15.6. The number of carbonyl (C=O) groups excluding carboxylic acids is 1. The highest BCUT2D eigenvalue weighted by atomic mass is 79.9. The molecule has 1 aliphatic rings. The summed E-state index contributed by atoms with van der Waals surface area (Å²) in [5.41, 5.74) is 0.388. The maximum atomic E-state index is 12.3. The highest BCUT2D eigenvalue weighted by Crippen LogP contribution is 2.26. The number of benzene rings is 1. The Labute approximate surface area is 136 Å². The molecule has 1 heterocycles. The van der Waals surface area contributed by atoms with Gasteiger partial charge in [-0.05, 0) is 18.2 Å². The first-order valence-electron chi connectivity index (χ1n) is 6.61. The van der Waals surface area contributed by atoms with Crippen molar-refractivity contribution >= 4 is 45.4 Å². The molecular weight excluding hydrogens is 356 g/mol. The van der Waals surface area contributed by atoms with Gasteiger partial charge in [0.05, 0.1) is 11.3 Å². The van der Waals surface area contributed by atoms with Gasteiger partial charge in [0.1, 0.15) is 0 Å². The average Bonchev–Trinajstić information content (AvgIpc) is 2.37. The van der Waals surface area contributed by atoms with Crippen LogP contribution < -0.4 is 5.32 Å². The highest BCUT2D eigenvalue weighted by Gasteiger charge is 2.26. The second-order valence-electron chi connectivity index (χ2n) is 5.09. The fourth-order valence-corrected chi connectivity index (χ4v) is 4.03. The Balaban J connectivity index is 2.16. The van der Waals surface area contributed by atoms with Gasteiger partial charge in [0, 0.05) is 28.1 Å². The first kappa shape index (κ1) is 16.2. The molecule has 2 unspecified atom stereocenters. The molecule has 0 bridgehead atoms. The number of aromatic carboxylic acids is 1. The SMILES string of the molecule is CC1CN(C(=O)Nc2cc(Br)ccc2C(=O)O)CC(C)S1. The summed E-state index contributed by atoms with van der Waals surface area (Å²) >= 11 is 5.15. The Kier molecular flexibility index (Phi) is 5.16. The molecule has 0 saturated carbocycles. The van der Waals surface area contributed by atoms with E-state index >= 15 is 0 Å². The van der Waals surface area contributed by atoms with E-state index in [1.807, 2.05) is 11.8 Å².